The van der Waals surface area contributed by atoms with E-state index < -0.39 is 0 Å². The Morgan fingerprint density at radius 1 is 1.25 bits per heavy atom. The Kier molecular flexibility index (Phi) is 7.09. The van der Waals surface area contributed by atoms with Crippen molar-refractivity contribution in [2.75, 3.05) is 23.4 Å². The molecule has 0 spiro atoms. The minimum atomic E-state index is 0.0937. The number of nitrogens with one attached hydrogen (secondary N) is 1. The molecule has 4 rings (SSSR count). The van der Waals surface area contributed by atoms with Crippen LogP contribution in [-0.2, 0) is 13.0 Å². The molecule has 1 aliphatic rings. The van der Waals surface area contributed by atoms with Gasteiger partial charge >= 0.3 is 0 Å². The van der Waals surface area contributed by atoms with Gasteiger partial charge in [-0.1, -0.05) is 6.92 Å². The van der Waals surface area contributed by atoms with Gasteiger partial charge in [-0.3, -0.25) is 4.98 Å². The normalized spacial score (nSPS) is 16.7. The van der Waals surface area contributed by atoms with E-state index in [-0.39, 0.29) is 12.7 Å². The zero-order valence-electron chi connectivity index (χ0n) is 19.3. The molecule has 0 radical (unpaired) electrons. The van der Waals surface area contributed by atoms with Crippen LogP contribution in [0.4, 0.5) is 11.6 Å². The quantitative estimate of drug-likeness (QED) is 0.525. The highest BCUT2D eigenvalue weighted by Crippen LogP contribution is 2.29. The van der Waals surface area contributed by atoms with Gasteiger partial charge in [0.25, 0.3) is 0 Å². The van der Waals surface area contributed by atoms with Crippen molar-refractivity contribution >= 4 is 17.3 Å². The van der Waals surface area contributed by atoms with E-state index in [1.807, 2.05) is 36.8 Å². The first-order valence-corrected chi connectivity index (χ1v) is 11.7. The molecule has 1 fully saturated rings. The number of fused-ring (bicyclic) bond motifs is 1. The fourth-order valence-electron chi connectivity index (χ4n) is 4.37. The summed E-state index contributed by atoms with van der Waals surface area (Å²) in [6, 6.07) is 4.30. The van der Waals surface area contributed by atoms with Crippen LogP contribution >= 0.6 is 0 Å². The molecule has 0 aromatic carbocycles. The van der Waals surface area contributed by atoms with Crippen molar-refractivity contribution in [3.05, 3.63) is 41.9 Å². The summed E-state index contributed by atoms with van der Waals surface area (Å²) in [6.45, 7) is 7.88. The van der Waals surface area contributed by atoms with Crippen molar-refractivity contribution in [3.8, 4) is 5.75 Å². The Morgan fingerprint density at radius 3 is 2.91 bits per heavy atom. The topological polar surface area (TPSA) is 87.8 Å². The fraction of sp³-hybridized carbons (Fsp3) is 0.542. The molecule has 0 bridgehead atoms. The molecule has 1 atom stereocenters. The van der Waals surface area contributed by atoms with Crippen LogP contribution in [0.3, 0.4) is 0 Å². The Bertz CT molecular complexity index is 1030. The highest BCUT2D eigenvalue weighted by atomic mass is 16.5. The molecule has 0 saturated carbocycles. The van der Waals surface area contributed by atoms with Gasteiger partial charge in [-0.25, -0.2) is 4.98 Å². The van der Waals surface area contributed by atoms with Crippen molar-refractivity contribution in [1.82, 2.24) is 19.6 Å². The molecule has 8 heteroatoms. The number of piperidine rings is 1. The number of aryl methyl sites for hydroxylation is 1. The number of aliphatic hydroxyl groups is 1. The lowest BCUT2D eigenvalue weighted by Crippen LogP contribution is -2.40. The van der Waals surface area contributed by atoms with E-state index in [0.29, 0.717) is 12.6 Å². The molecule has 1 saturated heterocycles. The van der Waals surface area contributed by atoms with Gasteiger partial charge in [-0.05, 0) is 52.0 Å². The molecule has 0 unspecified atom stereocenters. The fourth-order valence-corrected chi connectivity index (χ4v) is 4.37. The maximum atomic E-state index is 9.57. The minimum absolute atomic E-state index is 0.0937. The lowest BCUT2D eigenvalue weighted by molar-refractivity contribution is 0.240. The number of hydrogen-bond acceptors (Lipinski definition) is 7. The lowest BCUT2D eigenvalue weighted by atomic mass is 9.99. The Morgan fingerprint density at radius 2 is 2.12 bits per heavy atom. The standard InChI is InChI=1S/C24H34N6O2/c1-4-18-16-27-30-22(26-15-19-14-25-10-8-21(19)32-17(2)3)13-23(28-24(18)30)29-11-6-5-7-20(29)9-12-31/h8,10,13-14,16-17,20,26,31H,4-7,9,11-12,15H2,1-3H3/t20-/m0/s1. The maximum Gasteiger partial charge on any atom is 0.162 e. The highest BCUT2D eigenvalue weighted by Gasteiger charge is 2.25. The van der Waals surface area contributed by atoms with Gasteiger partial charge in [0, 0.05) is 55.3 Å². The summed E-state index contributed by atoms with van der Waals surface area (Å²) >= 11 is 0. The smallest absolute Gasteiger partial charge is 0.162 e. The number of pyridine rings is 1. The summed E-state index contributed by atoms with van der Waals surface area (Å²) in [5, 5.41) is 17.7. The average molecular weight is 439 g/mol. The number of nitrogens with zero attached hydrogens (tertiary/aromatic N) is 5. The number of aromatic nitrogens is 4. The number of aliphatic hydroxyl groups excluding tert-OH is 1. The number of ether oxygens (including phenoxy) is 1. The molecule has 8 nitrogen and oxygen atoms in total. The second kappa shape index (κ2) is 10.2. The predicted octanol–water partition coefficient (Wildman–Crippen LogP) is 3.83. The van der Waals surface area contributed by atoms with Gasteiger partial charge in [-0.2, -0.15) is 9.61 Å². The van der Waals surface area contributed by atoms with Crippen molar-refractivity contribution in [2.24, 2.45) is 0 Å². The van der Waals surface area contributed by atoms with Gasteiger partial charge in [-0.15, -0.1) is 0 Å². The molecule has 1 aliphatic heterocycles. The largest absolute Gasteiger partial charge is 0.491 e. The van der Waals surface area contributed by atoms with Crippen molar-refractivity contribution in [2.45, 2.75) is 71.6 Å². The van der Waals surface area contributed by atoms with E-state index in [2.05, 4.69) is 33.3 Å². The SMILES string of the molecule is CCc1cnn2c(NCc3cnccc3OC(C)C)cc(N3CCCC[C@H]3CCO)nc12. The average Bonchev–Trinajstić information content (AvgIpc) is 3.22. The first-order valence-electron chi connectivity index (χ1n) is 11.7. The van der Waals surface area contributed by atoms with Gasteiger partial charge < -0.3 is 20.1 Å². The monoisotopic (exact) mass is 438 g/mol. The van der Waals surface area contributed by atoms with Gasteiger partial charge in [0.15, 0.2) is 5.65 Å². The van der Waals surface area contributed by atoms with Crippen molar-refractivity contribution in [3.63, 3.8) is 0 Å². The van der Waals surface area contributed by atoms with E-state index in [9.17, 15) is 5.11 Å². The maximum absolute atomic E-state index is 9.57. The van der Waals surface area contributed by atoms with Crippen LogP contribution < -0.4 is 15.0 Å². The molecular weight excluding hydrogens is 404 g/mol. The van der Waals surface area contributed by atoms with Crippen LogP contribution in [-0.4, -0.2) is 50.0 Å². The van der Waals surface area contributed by atoms with Crippen molar-refractivity contribution < 1.29 is 9.84 Å². The van der Waals surface area contributed by atoms with Crippen LogP contribution in [0.1, 0.15) is 57.6 Å². The predicted molar refractivity (Wildman–Crippen MR) is 126 cm³/mol. The van der Waals surface area contributed by atoms with Gasteiger partial charge in [0.05, 0.1) is 12.3 Å². The Labute approximate surface area is 189 Å². The molecule has 32 heavy (non-hydrogen) atoms. The first kappa shape index (κ1) is 22.3. The minimum Gasteiger partial charge on any atom is -0.491 e. The second-order valence-electron chi connectivity index (χ2n) is 8.62. The van der Waals surface area contributed by atoms with Crippen LogP contribution in [0.5, 0.6) is 5.75 Å². The molecular formula is C24H34N6O2. The molecule has 3 aromatic heterocycles. The van der Waals surface area contributed by atoms with E-state index >= 15 is 0 Å². The molecule has 0 amide bonds. The summed E-state index contributed by atoms with van der Waals surface area (Å²) < 4.78 is 7.84. The van der Waals surface area contributed by atoms with Gasteiger partial charge in [0.2, 0.25) is 0 Å². The summed E-state index contributed by atoms with van der Waals surface area (Å²) in [6.07, 6.45) is 10.6. The molecule has 2 N–H and O–H groups in total. The van der Waals surface area contributed by atoms with Crippen molar-refractivity contribution in [1.29, 1.82) is 0 Å². The lowest BCUT2D eigenvalue weighted by Gasteiger charge is -2.36. The molecule has 172 valence electrons. The van der Waals surface area contributed by atoms with Crippen LogP contribution in [0, 0.1) is 0 Å². The third kappa shape index (κ3) is 4.80. The summed E-state index contributed by atoms with van der Waals surface area (Å²) in [5.41, 5.74) is 2.99. The van der Waals surface area contributed by atoms with E-state index in [1.165, 1.54) is 6.42 Å². The highest BCUT2D eigenvalue weighted by molar-refractivity contribution is 5.61. The zero-order chi connectivity index (χ0) is 22.5. The summed E-state index contributed by atoms with van der Waals surface area (Å²) in [7, 11) is 0. The summed E-state index contributed by atoms with van der Waals surface area (Å²) in [4.78, 5) is 11.6. The van der Waals surface area contributed by atoms with Crippen LogP contribution in [0.2, 0.25) is 0 Å². The number of rotatable bonds is 9. The number of hydrogen-bond donors (Lipinski definition) is 2. The van der Waals surface area contributed by atoms with E-state index in [4.69, 9.17) is 9.72 Å². The molecule has 3 aromatic rings. The zero-order valence-corrected chi connectivity index (χ0v) is 19.3. The molecule has 0 aliphatic carbocycles. The number of anilines is 2. The third-order valence-electron chi connectivity index (χ3n) is 5.98. The summed E-state index contributed by atoms with van der Waals surface area (Å²) in [5.74, 6) is 2.66. The Balaban J connectivity index is 1.67. The van der Waals surface area contributed by atoms with Crippen LogP contribution in [0.15, 0.2) is 30.7 Å². The third-order valence-corrected chi connectivity index (χ3v) is 5.98. The molecule has 4 heterocycles. The van der Waals surface area contributed by atoms with Gasteiger partial charge in [0.1, 0.15) is 17.4 Å². The Hall–Kier alpha value is -2.87. The van der Waals surface area contributed by atoms with E-state index in [1.54, 1.807) is 6.20 Å². The second-order valence-corrected chi connectivity index (χ2v) is 8.62. The van der Waals surface area contributed by atoms with E-state index in [0.717, 1.165) is 66.4 Å². The first-order chi connectivity index (χ1) is 15.6. The van der Waals surface area contributed by atoms with Crippen LogP contribution in [0.25, 0.3) is 5.65 Å².